The van der Waals surface area contributed by atoms with Gasteiger partial charge in [-0.2, -0.15) is 0 Å². The normalized spacial score (nSPS) is 14.2. The van der Waals surface area contributed by atoms with E-state index in [1.54, 1.807) is 12.3 Å². The molecule has 1 aliphatic carbocycles. The number of halogens is 1. The number of nitrogens with zero attached hydrogens (tertiary/aromatic N) is 2. The molecule has 0 saturated heterocycles. The summed E-state index contributed by atoms with van der Waals surface area (Å²) in [5.74, 6) is -0.180. The highest BCUT2D eigenvalue weighted by molar-refractivity contribution is 5.53. The van der Waals surface area contributed by atoms with Gasteiger partial charge < -0.3 is 10.2 Å². The molecule has 21 heavy (non-hydrogen) atoms. The summed E-state index contributed by atoms with van der Waals surface area (Å²) < 4.78 is 13.5. The number of nitrogens with one attached hydrogen (secondary N) is 1. The first-order valence-electron chi connectivity index (χ1n) is 7.34. The zero-order chi connectivity index (χ0) is 14.7. The number of anilines is 1. The van der Waals surface area contributed by atoms with Crippen molar-refractivity contribution in [3.05, 3.63) is 59.7 Å². The first kappa shape index (κ1) is 14.0. The van der Waals surface area contributed by atoms with E-state index in [4.69, 9.17) is 0 Å². The van der Waals surface area contributed by atoms with Crippen LogP contribution in [-0.4, -0.2) is 18.1 Å². The minimum atomic E-state index is -0.180. The molecule has 4 heteroatoms. The maximum atomic E-state index is 13.5. The summed E-state index contributed by atoms with van der Waals surface area (Å²) in [5, 5.41) is 3.45. The smallest absolute Gasteiger partial charge is 0.123 e. The Labute approximate surface area is 124 Å². The van der Waals surface area contributed by atoms with Crippen LogP contribution in [0.3, 0.4) is 0 Å². The molecule has 1 aliphatic rings. The van der Waals surface area contributed by atoms with Gasteiger partial charge in [0.2, 0.25) is 0 Å². The Kier molecular flexibility index (Phi) is 4.15. The van der Waals surface area contributed by atoms with Crippen LogP contribution in [0.2, 0.25) is 0 Å². The summed E-state index contributed by atoms with van der Waals surface area (Å²) in [4.78, 5) is 6.28. The van der Waals surface area contributed by atoms with Gasteiger partial charge in [0.05, 0.1) is 0 Å². The Morgan fingerprint density at radius 2 is 2.19 bits per heavy atom. The molecule has 0 radical (unpaired) electrons. The molecular formula is C17H20FN3. The summed E-state index contributed by atoms with van der Waals surface area (Å²) in [7, 11) is 2.03. The second-order valence-electron chi connectivity index (χ2n) is 5.65. The van der Waals surface area contributed by atoms with Crippen LogP contribution in [0.4, 0.5) is 10.1 Å². The highest BCUT2D eigenvalue weighted by Gasteiger charge is 2.21. The van der Waals surface area contributed by atoms with Crippen LogP contribution < -0.4 is 10.2 Å². The fourth-order valence-corrected chi connectivity index (χ4v) is 2.46. The van der Waals surface area contributed by atoms with Gasteiger partial charge in [0.1, 0.15) is 5.82 Å². The van der Waals surface area contributed by atoms with Gasteiger partial charge >= 0.3 is 0 Å². The first-order valence-corrected chi connectivity index (χ1v) is 7.34. The fraction of sp³-hybridized carbons (Fsp3) is 0.353. The Balaban J connectivity index is 1.75. The standard InChI is InChI=1S/C17H20FN3/c1-21(12-13-3-2-8-19-10-13)17-7-4-15(18)9-14(17)11-20-16-5-6-16/h2-4,7-10,16,20H,5-6,11-12H2,1H3. The third kappa shape index (κ3) is 3.79. The van der Waals surface area contributed by atoms with E-state index in [0.717, 1.165) is 29.9 Å². The molecule has 1 saturated carbocycles. The van der Waals surface area contributed by atoms with Gasteiger partial charge in [0.15, 0.2) is 0 Å². The van der Waals surface area contributed by atoms with Crippen molar-refractivity contribution in [3.63, 3.8) is 0 Å². The van der Waals surface area contributed by atoms with E-state index in [-0.39, 0.29) is 5.82 Å². The molecule has 1 N–H and O–H groups in total. The Morgan fingerprint density at radius 1 is 1.33 bits per heavy atom. The lowest BCUT2D eigenvalue weighted by Crippen LogP contribution is -2.22. The Morgan fingerprint density at radius 3 is 2.90 bits per heavy atom. The second-order valence-corrected chi connectivity index (χ2v) is 5.65. The van der Waals surface area contributed by atoms with Crippen molar-refractivity contribution >= 4 is 5.69 Å². The van der Waals surface area contributed by atoms with Crippen molar-refractivity contribution in [3.8, 4) is 0 Å². The van der Waals surface area contributed by atoms with Crippen LogP contribution >= 0.6 is 0 Å². The second kappa shape index (κ2) is 6.22. The SMILES string of the molecule is CN(Cc1cccnc1)c1ccc(F)cc1CNC1CC1. The maximum Gasteiger partial charge on any atom is 0.123 e. The average molecular weight is 285 g/mol. The highest BCUT2D eigenvalue weighted by Crippen LogP contribution is 2.25. The summed E-state index contributed by atoms with van der Waals surface area (Å²) >= 11 is 0. The van der Waals surface area contributed by atoms with Gasteiger partial charge in [0, 0.05) is 44.3 Å². The molecule has 0 unspecified atom stereocenters. The van der Waals surface area contributed by atoms with E-state index in [2.05, 4.69) is 21.3 Å². The Bertz CT molecular complexity index is 596. The molecule has 0 spiro atoms. The lowest BCUT2D eigenvalue weighted by molar-refractivity contribution is 0.619. The molecule has 0 bridgehead atoms. The lowest BCUT2D eigenvalue weighted by Gasteiger charge is -2.23. The molecule has 1 heterocycles. The molecular weight excluding hydrogens is 265 g/mol. The van der Waals surface area contributed by atoms with E-state index in [9.17, 15) is 4.39 Å². The largest absolute Gasteiger partial charge is 0.370 e. The van der Waals surface area contributed by atoms with E-state index in [1.165, 1.54) is 18.9 Å². The van der Waals surface area contributed by atoms with Crippen LogP contribution in [0.15, 0.2) is 42.7 Å². The zero-order valence-corrected chi connectivity index (χ0v) is 12.2. The third-order valence-electron chi connectivity index (χ3n) is 3.75. The molecule has 1 aromatic heterocycles. The predicted molar refractivity (Wildman–Crippen MR) is 82.6 cm³/mol. The van der Waals surface area contributed by atoms with E-state index >= 15 is 0 Å². The molecule has 0 aliphatic heterocycles. The topological polar surface area (TPSA) is 28.2 Å². The third-order valence-corrected chi connectivity index (χ3v) is 3.75. The number of hydrogen-bond donors (Lipinski definition) is 1. The van der Waals surface area contributed by atoms with E-state index < -0.39 is 0 Å². The number of aromatic nitrogens is 1. The van der Waals surface area contributed by atoms with Gasteiger partial charge in [-0.05, 0) is 48.2 Å². The van der Waals surface area contributed by atoms with Gasteiger partial charge in [-0.1, -0.05) is 6.07 Å². The number of pyridine rings is 1. The number of benzene rings is 1. The quantitative estimate of drug-likeness (QED) is 0.884. The highest BCUT2D eigenvalue weighted by atomic mass is 19.1. The first-order chi connectivity index (χ1) is 10.2. The summed E-state index contributed by atoms with van der Waals surface area (Å²) in [6.07, 6.45) is 6.10. The van der Waals surface area contributed by atoms with Crippen LogP contribution in [-0.2, 0) is 13.1 Å². The van der Waals surface area contributed by atoms with E-state index in [1.807, 2.05) is 25.4 Å². The predicted octanol–water partition coefficient (Wildman–Crippen LogP) is 3.11. The number of hydrogen-bond acceptors (Lipinski definition) is 3. The van der Waals surface area contributed by atoms with Crippen molar-refractivity contribution in [2.45, 2.75) is 32.0 Å². The summed E-state index contributed by atoms with van der Waals surface area (Å²) in [5.41, 5.74) is 3.21. The number of rotatable bonds is 6. The molecule has 2 aromatic rings. The monoisotopic (exact) mass is 285 g/mol. The van der Waals surface area contributed by atoms with Crippen molar-refractivity contribution in [1.29, 1.82) is 0 Å². The van der Waals surface area contributed by atoms with Crippen molar-refractivity contribution < 1.29 is 4.39 Å². The van der Waals surface area contributed by atoms with Crippen LogP contribution in [0, 0.1) is 5.82 Å². The Hall–Kier alpha value is -1.94. The van der Waals surface area contributed by atoms with Crippen LogP contribution in [0.5, 0.6) is 0 Å². The van der Waals surface area contributed by atoms with Gasteiger partial charge in [-0.3, -0.25) is 4.98 Å². The molecule has 3 nitrogen and oxygen atoms in total. The summed E-state index contributed by atoms with van der Waals surface area (Å²) in [6, 6.07) is 9.61. The lowest BCUT2D eigenvalue weighted by atomic mass is 10.1. The molecule has 110 valence electrons. The van der Waals surface area contributed by atoms with Gasteiger partial charge in [-0.25, -0.2) is 4.39 Å². The fourth-order valence-electron chi connectivity index (χ4n) is 2.46. The summed E-state index contributed by atoms with van der Waals surface area (Å²) in [6.45, 7) is 1.48. The minimum Gasteiger partial charge on any atom is -0.370 e. The minimum absolute atomic E-state index is 0.180. The molecule has 3 rings (SSSR count). The van der Waals surface area contributed by atoms with Crippen molar-refractivity contribution in [2.24, 2.45) is 0 Å². The molecule has 0 amide bonds. The van der Waals surface area contributed by atoms with Crippen LogP contribution in [0.25, 0.3) is 0 Å². The van der Waals surface area contributed by atoms with E-state index in [0.29, 0.717) is 6.04 Å². The maximum absolute atomic E-state index is 13.5. The average Bonchev–Trinajstić information content (AvgIpc) is 3.30. The molecule has 1 aromatic carbocycles. The van der Waals surface area contributed by atoms with Gasteiger partial charge in [-0.15, -0.1) is 0 Å². The zero-order valence-electron chi connectivity index (χ0n) is 12.2. The van der Waals surface area contributed by atoms with Gasteiger partial charge in [0.25, 0.3) is 0 Å². The van der Waals surface area contributed by atoms with Crippen molar-refractivity contribution in [2.75, 3.05) is 11.9 Å². The molecule has 1 fully saturated rings. The molecule has 0 atom stereocenters. The van der Waals surface area contributed by atoms with Crippen LogP contribution in [0.1, 0.15) is 24.0 Å². The van der Waals surface area contributed by atoms with Crippen molar-refractivity contribution in [1.82, 2.24) is 10.3 Å².